The fraction of sp³-hybridized carbons (Fsp3) is 0.333. The summed E-state index contributed by atoms with van der Waals surface area (Å²) in [6, 6.07) is -0.403. The molecule has 0 aromatic heterocycles. The summed E-state index contributed by atoms with van der Waals surface area (Å²) in [5.41, 5.74) is 0.362. The largest absolute Gasteiger partial charge is 0.466 e. The van der Waals surface area contributed by atoms with Gasteiger partial charge in [-0.15, -0.1) is 6.58 Å². The van der Waals surface area contributed by atoms with Gasteiger partial charge in [0, 0.05) is 18.8 Å². The van der Waals surface area contributed by atoms with Gasteiger partial charge in [0.1, 0.15) is 0 Å². The number of carbonyl (C=O) groups is 2. The van der Waals surface area contributed by atoms with E-state index in [4.69, 9.17) is 34.8 Å². The van der Waals surface area contributed by atoms with Gasteiger partial charge in [-0.3, -0.25) is 4.79 Å². The van der Waals surface area contributed by atoms with E-state index in [0.29, 0.717) is 0 Å². The maximum atomic E-state index is 11.9. The lowest BCUT2D eigenvalue weighted by Crippen LogP contribution is -2.36. The van der Waals surface area contributed by atoms with E-state index in [1.165, 1.54) is 19.4 Å². The molecular formula is C12H12Cl3NO3. The second-order valence-electron chi connectivity index (χ2n) is 3.85. The Balaban J connectivity index is 3.23. The van der Waals surface area contributed by atoms with Crippen molar-refractivity contribution in [3.05, 3.63) is 36.1 Å². The van der Waals surface area contributed by atoms with Crippen LogP contribution in [0.3, 0.4) is 0 Å². The maximum absolute atomic E-state index is 11.9. The standard InChI is InChI=1S/C12H12Cl3NO3/c1-4-9-8(11(18)19-3)5-7(6-16(9)2)10(17)12(13,14)15/h4-6,9H,1H2,2-3H3. The average molecular weight is 325 g/mol. The highest BCUT2D eigenvalue weighted by Crippen LogP contribution is 2.33. The Labute approximate surface area is 126 Å². The summed E-state index contributed by atoms with van der Waals surface area (Å²) >= 11 is 16.7. The van der Waals surface area contributed by atoms with E-state index in [1.54, 1.807) is 18.0 Å². The van der Waals surface area contributed by atoms with Crippen LogP contribution in [-0.4, -0.2) is 40.6 Å². The van der Waals surface area contributed by atoms with Gasteiger partial charge in [-0.05, 0) is 6.08 Å². The summed E-state index contributed by atoms with van der Waals surface area (Å²) in [5, 5.41) is 0. The quantitative estimate of drug-likeness (QED) is 0.454. The average Bonchev–Trinajstić information content (AvgIpc) is 2.34. The topological polar surface area (TPSA) is 46.6 Å². The van der Waals surface area contributed by atoms with Crippen LogP contribution in [0.5, 0.6) is 0 Å². The first-order valence-corrected chi connectivity index (χ1v) is 6.33. The number of nitrogens with zero attached hydrogens (tertiary/aromatic N) is 1. The molecule has 1 atom stereocenters. The molecule has 0 aromatic carbocycles. The Bertz CT molecular complexity index is 477. The van der Waals surface area contributed by atoms with E-state index < -0.39 is 21.6 Å². The highest BCUT2D eigenvalue weighted by molar-refractivity contribution is 6.77. The molecule has 4 nitrogen and oxygen atoms in total. The molecule has 0 fully saturated rings. The van der Waals surface area contributed by atoms with E-state index in [-0.39, 0.29) is 11.1 Å². The predicted octanol–water partition coefficient (Wildman–Crippen LogP) is 2.41. The molecule has 19 heavy (non-hydrogen) atoms. The third-order valence-electron chi connectivity index (χ3n) is 2.58. The molecule has 7 heteroatoms. The minimum Gasteiger partial charge on any atom is -0.466 e. The van der Waals surface area contributed by atoms with E-state index in [9.17, 15) is 9.59 Å². The first-order chi connectivity index (χ1) is 8.72. The van der Waals surface area contributed by atoms with Gasteiger partial charge >= 0.3 is 5.97 Å². The number of hydrogen-bond acceptors (Lipinski definition) is 4. The normalized spacial score (nSPS) is 19.4. The first kappa shape index (κ1) is 16.1. The Kier molecular flexibility index (Phi) is 5.07. The van der Waals surface area contributed by atoms with Crippen molar-refractivity contribution in [2.24, 2.45) is 0 Å². The van der Waals surface area contributed by atoms with Crippen LogP contribution < -0.4 is 0 Å². The van der Waals surface area contributed by atoms with Crippen molar-refractivity contribution in [1.82, 2.24) is 4.90 Å². The summed E-state index contributed by atoms with van der Waals surface area (Å²) in [5.74, 6) is -1.28. The molecular weight excluding hydrogens is 312 g/mol. The minimum atomic E-state index is -2.08. The second-order valence-corrected chi connectivity index (χ2v) is 6.13. The Morgan fingerprint density at radius 1 is 1.47 bits per heavy atom. The van der Waals surface area contributed by atoms with Crippen molar-refractivity contribution in [3.8, 4) is 0 Å². The molecule has 0 aromatic rings. The van der Waals surface area contributed by atoms with Crippen LogP contribution in [0.2, 0.25) is 0 Å². The Morgan fingerprint density at radius 2 is 2.05 bits per heavy atom. The van der Waals surface area contributed by atoms with Crippen LogP contribution in [0, 0.1) is 0 Å². The lowest BCUT2D eigenvalue weighted by atomic mass is 9.98. The van der Waals surface area contributed by atoms with E-state index >= 15 is 0 Å². The lowest BCUT2D eigenvalue weighted by Gasteiger charge is -2.30. The summed E-state index contributed by atoms with van der Waals surface area (Å²) in [4.78, 5) is 25.2. The molecule has 104 valence electrons. The maximum Gasteiger partial charge on any atom is 0.336 e. The van der Waals surface area contributed by atoms with Gasteiger partial charge in [0.2, 0.25) is 5.78 Å². The molecule has 0 saturated heterocycles. The minimum absolute atomic E-state index is 0.112. The van der Waals surface area contributed by atoms with Gasteiger partial charge in [0.15, 0.2) is 0 Å². The van der Waals surface area contributed by atoms with E-state index in [2.05, 4.69) is 11.3 Å². The number of Topliss-reactive ketones (excluding diaryl/α,β-unsaturated/α-hetero) is 1. The zero-order valence-electron chi connectivity index (χ0n) is 10.3. The Morgan fingerprint density at radius 3 is 2.47 bits per heavy atom. The number of allylic oxidation sites excluding steroid dienone is 2. The summed E-state index contributed by atoms with van der Waals surface area (Å²) in [6.45, 7) is 3.64. The summed E-state index contributed by atoms with van der Waals surface area (Å²) < 4.78 is 2.59. The van der Waals surface area contributed by atoms with Gasteiger partial charge in [0.05, 0.1) is 18.7 Å². The second kappa shape index (κ2) is 5.99. The highest BCUT2D eigenvalue weighted by atomic mass is 35.6. The number of ether oxygens (including phenoxy) is 1. The molecule has 0 aliphatic carbocycles. The monoisotopic (exact) mass is 323 g/mol. The van der Waals surface area contributed by atoms with Crippen molar-refractivity contribution in [2.45, 2.75) is 9.83 Å². The van der Waals surface area contributed by atoms with Gasteiger partial charge < -0.3 is 9.64 Å². The van der Waals surface area contributed by atoms with Gasteiger partial charge in [0.25, 0.3) is 3.79 Å². The summed E-state index contributed by atoms with van der Waals surface area (Å²) in [6.07, 6.45) is 4.39. The van der Waals surface area contributed by atoms with Crippen molar-refractivity contribution >= 4 is 46.6 Å². The molecule has 1 aliphatic rings. The fourth-order valence-corrected chi connectivity index (χ4v) is 2.02. The number of esters is 1. The lowest BCUT2D eigenvalue weighted by molar-refractivity contribution is -0.136. The zero-order chi connectivity index (χ0) is 14.8. The number of ketones is 1. The highest BCUT2D eigenvalue weighted by Gasteiger charge is 2.36. The van der Waals surface area contributed by atoms with Gasteiger partial charge in [-0.25, -0.2) is 4.79 Å². The van der Waals surface area contributed by atoms with Crippen molar-refractivity contribution in [2.75, 3.05) is 14.2 Å². The van der Waals surface area contributed by atoms with E-state index in [0.717, 1.165) is 0 Å². The van der Waals surface area contributed by atoms with Gasteiger partial charge in [-0.1, -0.05) is 40.9 Å². The molecule has 0 amide bonds. The third kappa shape index (κ3) is 3.53. The summed E-state index contributed by atoms with van der Waals surface area (Å²) in [7, 11) is 2.92. The van der Waals surface area contributed by atoms with Gasteiger partial charge in [-0.2, -0.15) is 0 Å². The van der Waals surface area contributed by atoms with Crippen LogP contribution in [0.1, 0.15) is 0 Å². The smallest absolute Gasteiger partial charge is 0.336 e. The molecule has 0 saturated carbocycles. The van der Waals surface area contributed by atoms with Crippen molar-refractivity contribution in [1.29, 1.82) is 0 Å². The third-order valence-corrected chi connectivity index (χ3v) is 3.09. The predicted molar refractivity (Wildman–Crippen MR) is 75.2 cm³/mol. The molecule has 1 aliphatic heterocycles. The molecule has 1 heterocycles. The number of hydrogen-bond donors (Lipinski definition) is 0. The van der Waals surface area contributed by atoms with Crippen LogP contribution in [0.15, 0.2) is 36.1 Å². The Hall–Kier alpha value is -0.970. The molecule has 0 N–H and O–H groups in total. The molecule has 0 bridgehead atoms. The SMILES string of the molecule is C=CC1C(C(=O)OC)=CC(C(=O)C(Cl)(Cl)Cl)=CN1C. The van der Waals surface area contributed by atoms with Crippen LogP contribution in [-0.2, 0) is 14.3 Å². The molecule has 0 spiro atoms. The number of likely N-dealkylation sites (N-methyl/N-ethyl adjacent to an activating group) is 1. The fourth-order valence-electron chi connectivity index (χ4n) is 1.69. The zero-order valence-corrected chi connectivity index (χ0v) is 12.6. The molecule has 1 unspecified atom stereocenters. The molecule has 0 radical (unpaired) electrons. The van der Waals surface area contributed by atoms with Crippen LogP contribution in [0.25, 0.3) is 0 Å². The number of halogens is 3. The number of carbonyl (C=O) groups excluding carboxylic acids is 2. The first-order valence-electron chi connectivity index (χ1n) is 5.20. The number of rotatable bonds is 3. The number of methoxy groups -OCH3 is 1. The number of alkyl halides is 3. The van der Waals surface area contributed by atoms with Crippen LogP contribution in [0.4, 0.5) is 0 Å². The van der Waals surface area contributed by atoms with E-state index in [1.807, 2.05) is 0 Å². The molecule has 1 rings (SSSR count). The van der Waals surface area contributed by atoms with Crippen LogP contribution >= 0.6 is 34.8 Å². The van der Waals surface area contributed by atoms with Crippen molar-refractivity contribution in [3.63, 3.8) is 0 Å². The van der Waals surface area contributed by atoms with Crippen molar-refractivity contribution < 1.29 is 14.3 Å².